The normalized spacial score (nSPS) is 11.9. The molecule has 0 N–H and O–H groups in total. The molecular weight excluding hydrogens is 590 g/mol. The van der Waals surface area contributed by atoms with Gasteiger partial charge in [-0.2, -0.15) is 0 Å². The van der Waals surface area contributed by atoms with Gasteiger partial charge in [0, 0.05) is 11.9 Å². The Kier molecular flexibility index (Phi) is 54.2. The number of carbonyl (C=O) groups is 2. The van der Waals surface area contributed by atoms with Crippen molar-refractivity contribution in [3.8, 4) is 0 Å². The Morgan fingerprint density at radius 3 is 0.804 bits per heavy atom. The van der Waals surface area contributed by atoms with E-state index in [9.17, 15) is 19.8 Å². The minimum Gasteiger partial charge on any atom is -0.550 e. The largest absolute Gasteiger partial charge is 1.00 e. The molecule has 0 heterocycles. The molecule has 0 aliphatic carbocycles. The number of allylic oxidation sites excluding steroid dienone is 16. The Bertz CT molecular complexity index is 808. The van der Waals surface area contributed by atoms with Gasteiger partial charge in [-0.25, -0.2) is 0 Å². The van der Waals surface area contributed by atoms with Crippen LogP contribution in [0.2, 0.25) is 0 Å². The molecule has 0 fully saturated rings. The van der Waals surface area contributed by atoms with E-state index in [1.807, 2.05) is 12.2 Å². The Labute approximate surface area is 327 Å². The first kappa shape index (κ1) is 51.7. The van der Waals surface area contributed by atoms with E-state index < -0.39 is 11.9 Å². The van der Waals surface area contributed by atoms with Gasteiger partial charge in [0.2, 0.25) is 0 Å². The number of unbranched alkanes of at least 4 members (excludes halogenated alkanes) is 8. The van der Waals surface area contributed by atoms with Crippen LogP contribution in [0.15, 0.2) is 97.2 Å². The predicted octanol–water partition coefficient (Wildman–Crippen LogP) is 3.77. The summed E-state index contributed by atoms with van der Waals surface area (Å²) in [5.41, 5.74) is 0. The SMILES string of the molecule is CCCCC/C=C\C/C=C\C/C=C\C/C=C\CCCC(=O)[O-].CCCCC/C=C\C/C=C\C/C=C\C/C=C\CCCC(=O)[O-].[Na+].[Na+]. The summed E-state index contributed by atoms with van der Waals surface area (Å²) in [6, 6.07) is 0. The van der Waals surface area contributed by atoms with Crippen LogP contribution in [0.4, 0.5) is 0 Å². The number of carboxylic acid groups (broad SMARTS) is 2. The van der Waals surface area contributed by atoms with E-state index in [0.717, 1.165) is 51.4 Å². The van der Waals surface area contributed by atoms with Gasteiger partial charge < -0.3 is 19.8 Å². The predicted molar refractivity (Wildman–Crippen MR) is 187 cm³/mol. The first-order valence-electron chi connectivity index (χ1n) is 17.1. The minimum atomic E-state index is -0.962. The van der Waals surface area contributed by atoms with Gasteiger partial charge in [0.25, 0.3) is 0 Å². The van der Waals surface area contributed by atoms with Crippen molar-refractivity contribution < 1.29 is 78.9 Å². The zero-order chi connectivity index (χ0) is 32.6. The molecule has 6 heteroatoms. The Morgan fingerprint density at radius 2 is 0.587 bits per heavy atom. The van der Waals surface area contributed by atoms with Gasteiger partial charge in [-0.15, -0.1) is 0 Å². The maximum atomic E-state index is 10.2. The molecule has 0 bridgehead atoms. The van der Waals surface area contributed by atoms with Gasteiger partial charge in [0.1, 0.15) is 0 Å². The van der Waals surface area contributed by atoms with E-state index in [1.165, 1.54) is 51.4 Å². The van der Waals surface area contributed by atoms with Crippen molar-refractivity contribution in [1.82, 2.24) is 0 Å². The number of hydrogen-bond donors (Lipinski definition) is 0. The van der Waals surface area contributed by atoms with Gasteiger partial charge in [-0.05, 0) is 103 Å². The molecule has 0 saturated heterocycles. The van der Waals surface area contributed by atoms with Crippen molar-refractivity contribution in [3.05, 3.63) is 97.2 Å². The van der Waals surface area contributed by atoms with Crippen LogP contribution < -0.4 is 69.3 Å². The molecule has 0 aromatic heterocycles. The molecule has 0 aliphatic rings. The third-order valence-corrected chi connectivity index (χ3v) is 6.42. The van der Waals surface area contributed by atoms with Crippen molar-refractivity contribution in [2.45, 2.75) is 142 Å². The third kappa shape index (κ3) is 55.3. The smallest absolute Gasteiger partial charge is 0.550 e. The molecule has 0 spiro atoms. The fraction of sp³-hybridized carbons (Fsp3) is 0.550. The van der Waals surface area contributed by atoms with Gasteiger partial charge in [0.15, 0.2) is 0 Å². The molecule has 4 nitrogen and oxygen atoms in total. The molecule has 0 saturated carbocycles. The molecule has 248 valence electrons. The van der Waals surface area contributed by atoms with Gasteiger partial charge >= 0.3 is 59.1 Å². The zero-order valence-electron chi connectivity index (χ0n) is 30.0. The van der Waals surface area contributed by atoms with E-state index in [0.29, 0.717) is 12.8 Å². The van der Waals surface area contributed by atoms with E-state index in [1.54, 1.807) is 0 Å². The Hall–Kier alpha value is -1.14. The van der Waals surface area contributed by atoms with Crippen LogP contribution in [0.3, 0.4) is 0 Å². The molecule has 0 aromatic rings. The van der Waals surface area contributed by atoms with E-state index in [2.05, 4.69) is 98.9 Å². The van der Waals surface area contributed by atoms with Crippen LogP contribution in [0.1, 0.15) is 142 Å². The fourth-order valence-electron chi connectivity index (χ4n) is 3.85. The van der Waals surface area contributed by atoms with E-state index >= 15 is 0 Å². The van der Waals surface area contributed by atoms with Crippen molar-refractivity contribution >= 4 is 11.9 Å². The summed E-state index contributed by atoms with van der Waals surface area (Å²) in [6.45, 7) is 4.46. The van der Waals surface area contributed by atoms with Gasteiger partial charge in [0.05, 0.1) is 0 Å². The molecule has 0 unspecified atom stereocenters. The third-order valence-electron chi connectivity index (χ3n) is 6.42. The summed E-state index contributed by atoms with van der Waals surface area (Å²) in [4.78, 5) is 20.4. The molecule has 46 heavy (non-hydrogen) atoms. The summed E-state index contributed by atoms with van der Waals surface area (Å²) in [6.07, 6.45) is 54.0. The number of aliphatic carboxylic acids is 2. The molecule has 0 atom stereocenters. The average molecular weight is 653 g/mol. The van der Waals surface area contributed by atoms with Crippen LogP contribution in [0.25, 0.3) is 0 Å². The summed E-state index contributed by atoms with van der Waals surface area (Å²) >= 11 is 0. The number of carbonyl (C=O) groups excluding carboxylic acids is 2. The number of hydrogen-bond acceptors (Lipinski definition) is 4. The average Bonchev–Trinajstić information content (AvgIpc) is 3.00. The van der Waals surface area contributed by atoms with Gasteiger partial charge in [-0.3, -0.25) is 0 Å². The number of rotatable bonds is 28. The topological polar surface area (TPSA) is 80.3 Å². The summed E-state index contributed by atoms with van der Waals surface area (Å²) < 4.78 is 0. The first-order valence-corrected chi connectivity index (χ1v) is 17.1. The second kappa shape index (κ2) is 48.3. The van der Waals surface area contributed by atoms with E-state index in [-0.39, 0.29) is 72.0 Å². The van der Waals surface area contributed by atoms with Crippen LogP contribution in [0.5, 0.6) is 0 Å². The molecular formula is C40H62Na2O4. The Balaban J connectivity index is -0.000000367. The van der Waals surface area contributed by atoms with Crippen LogP contribution >= 0.6 is 0 Å². The monoisotopic (exact) mass is 652 g/mol. The van der Waals surface area contributed by atoms with Crippen molar-refractivity contribution in [1.29, 1.82) is 0 Å². The summed E-state index contributed by atoms with van der Waals surface area (Å²) in [5, 5.41) is 20.4. The Morgan fingerprint density at radius 1 is 0.370 bits per heavy atom. The zero-order valence-corrected chi connectivity index (χ0v) is 34.0. The quantitative estimate of drug-likeness (QED) is 0.0733. The number of carboxylic acids is 2. The maximum absolute atomic E-state index is 10.2. The molecule has 0 aromatic carbocycles. The summed E-state index contributed by atoms with van der Waals surface area (Å²) in [5.74, 6) is -1.92. The molecule has 0 radical (unpaired) electrons. The second-order valence-electron chi connectivity index (χ2n) is 10.7. The minimum absolute atomic E-state index is 0. The standard InChI is InChI=1S/2C20H32O2.2Na/c2*1-2-3-4-5-6-7-8-9-10-11-12-13-14-15-16-17-18-19-20(21)22;;/h2*6-7,9-10,12-13,15-16H,2-5,8,11,14,17-19H2,1H3,(H,21,22);;/q;;2*+1/p-2/b2*7-6-,10-9-,13-12-,16-15-;;. The maximum Gasteiger partial charge on any atom is 1.00 e. The molecule has 0 amide bonds. The van der Waals surface area contributed by atoms with Crippen LogP contribution in [0, 0.1) is 0 Å². The van der Waals surface area contributed by atoms with Crippen LogP contribution in [-0.4, -0.2) is 11.9 Å². The van der Waals surface area contributed by atoms with E-state index in [4.69, 9.17) is 0 Å². The first-order chi connectivity index (χ1) is 21.5. The fourth-order valence-corrected chi connectivity index (χ4v) is 3.85. The van der Waals surface area contributed by atoms with Crippen LogP contribution in [-0.2, 0) is 9.59 Å². The van der Waals surface area contributed by atoms with Crippen molar-refractivity contribution in [3.63, 3.8) is 0 Å². The molecule has 0 rings (SSSR count). The van der Waals surface area contributed by atoms with Gasteiger partial charge in [-0.1, -0.05) is 137 Å². The van der Waals surface area contributed by atoms with Crippen molar-refractivity contribution in [2.75, 3.05) is 0 Å². The van der Waals surface area contributed by atoms with Crippen molar-refractivity contribution in [2.24, 2.45) is 0 Å². The second-order valence-corrected chi connectivity index (χ2v) is 10.7. The molecule has 0 aliphatic heterocycles. The summed E-state index contributed by atoms with van der Waals surface area (Å²) in [7, 11) is 0.